The number of unbranched alkanes of at least 4 members (excludes halogenated alkanes) is 1. The molecule has 90 valence electrons. The van der Waals surface area contributed by atoms with Crippen molar-refractivity contribution in [3.63, 3.8) is 0 Å². The molecule has 0 bridgehead atoms. The van der Waals surface area contributed by atoms with E-state index in [0.717, 1.165) is 18.1 Å². The van der Waals surface area contributed by atoms with Crippen molar-refractivity contribution in [2.24, 2.45) is 0 Å². The molecule has 1 aromatic carbocycles. The fourth-order valence-corrected chi connectivity index (χ4v) is 1.98. The quantitative estimate of drug-likeness (QED) is 0.650. The summed E-state index contributed by atoms with van der Waals surface area (Å²) < 4.78 is 0. The highest BCUT2D eigenvalue weighted by Gasteiger charge is 1.98. The van der Waals surface area contributed by atoms with Crippen LogP contribution in [0.25, 0.3) is 0 Å². The Bertz CT molecular complexity index is 277. The van der Waals surface area contributed by atoms with Gasteiger partial charge in [-0.05, 0) is 56.6 Å². The molecule has 0 aliphatic carbocycles. The van der Waals surface area contributed by atoms with Gasteiger partial charge in [-0.15, -0.1) is 0 Å². The van der Waals surface area contributed by atoms with Crippen LogP contribution in [0.3, 0.4) is 0 Å². The number of rotatable bonds is 7. The monoisotopic (exact) mass is 239 g/mol. The van der Waals surface area contributed by atoms with Gasteiger partial charge in [0.1, 0.15) is 0 Å². The first kappa shape index (κ1) is 13.5. The van der Waals surface area contributed by atoms with Crippen molar-refractivity contribution in [1.82, 2.24) is 4.90 Å². The van der Waals surface area contributed by atoms with E-state index >= 15 is 0 Å². The molecule has 0 unspecified atom stereocenters. The summed E-state index contributed by atoms with van der Waals surface area (Å²) in [7, 11) is 0. The second-order valence-corrected chi connectivity index (χ2v) is 4.55. The molecule has 0 atom stereocenters. The van der Waals surface area contributed by atoms with Crippen LogP contribution >= 0.6 is 11.6 Å². The molecular formula is C14H22ClN. The summed E-state index contributed by atoms with van der Waals surface area (Å²) in [4.78, 5) is 2.47. The highest BCUT2D eigenvalue weighted by atomic mass is 35.5. The van der Waals surface area contributed by atoms with Crippen LogP contribution in [0.15, 0.2) is 24.3 Å². The summed E-state index contributed by atoms with van der Waals surface area (Å²) in [5.74, 6) is 0. The number of aryl methyl sites for hydroxylation is 1. The predicted octanol–water partition coefficient (Wildman–Crippen LogP) is 4.00. The number of hydrogen-bond acceptors (Lipinski definition) is 1. The molecule has 0 aliphatic heterocycles. The second-order valence-electron chi connectivity index (χ2n) is 4.11. The van der Waals surface area contributed by atoms with E-state index in [1.807, 2.05) is 12.1 Å². The molecule has 0 saturated carbocycles. The Morgan fingerprint density at radius 2 is 1.62 bits per heavy atom. The molecule has 0 spiro atoms. The van der Waals surface area contributed by atoms with Gasteiger partial charge in [-0.3, -0.25) is 0 Å². The van der Waals surface area contributed by atoms with Crippen molar-refractivity contribution in [3.05, 3.63) is 34.9 Å². The van der Waals surface area contributed by atoms with Crippen molar-refractivity contribution < 1.29 is 0 Å². The Balaban J connectivity index is 2.18. The lowest BCUT2D eigenvalue weighted by Crippen LogP contribution is -2.23. The molecule has 0 aliphatic rings. The summed E-state index contributed by atoms with van der Waals surface area (Å²) in [6.07, 6.45) is 3.71. The van der Waals surface area contributed by atoms with E-state index in [1.54, 1.807) is 0 Å². The van der Waals surface area contributed by atoms with Gasteiger partial charge in [0, 0.05) is 5.02 Å². The zero-order valence-corrected chi connectivity index (χ0v) is 11.1. The minimum absolute atomic E-state index is 0.826. The zero-order chi connectivity index (χ0) is 11.8. The van der Waals surface area contributed by atoms with Crippen LogP contribution in [0.4, 0.5) is 0 Å². The molecule has 16 heavy (non-hydrogen) atoms. The van der Waals surface area contributed by atoms with E-state index in [0.29, 0.717) is 0 Å². The molecular weight excluding hydrogens is 218 g/mol. The van der Waals surface area contributed by atoms with E-state index in [4.69, 9.17) is 11.6 Å². The molecule has 0 heterocycles. The van der Waals surface area contributed by atoms with Crippen molar-refractivity contribution in [2.45, 2.75) is 33.1 Å². The van der Waals surface area contributed by atoms with Crippen LogP contribution in [0.5, 0.6) is 0 Å². The number of halogens is 1. The van der Waals surface area contributed by atoms with Crippen molar-refractivity contribution >= 4 is 11.6 Å². The maximum absolute atomic E-state index is 5.85. The Labute approximate surface area is 104 Å². The van der Waals surface area contributed by atoms with Gasteiger partial charge in [-0.2, -0.15) is 0 Å². The van der Waals surface area contributed by atoms with E-state index < -0.39 is 0 Å². The molecule has 0 aromatic heterocycles. The third kappa shape index (κ3) is 5.00. The normalized spacial score (nSPS) is 11.0. The molecule has 0 N–H and O–H groups in total. The minimum atomic E-state index is 0.826. The average molecular weight is 240 g/mol. The maximum Gasteiger partial charge on any atom is 0.0406 e. The largest absolute Gasteiger partial charge is 0.304 e. The first-order valence-corrected chi connectivity index (χ1v) is 6.60. The topological polar surface area (TPSA) is 3.24 Å². The van der Waals surface area contributed by atoms with Gasteiger partial charge in [0.2, 0.25) is 0 Å². The van der Waals surface area contributed by atoms with Crippen LogP contribution in [0.2, 0.25) is 5.02 Å². The van der Waals surface area contributed by atoms with E-state index in [9.17, 15) is 0 Å². The van der Waals surface area contributed by atoms with Crippen molar-refractivity contribution in [2.75, 3.05) is 19.6 Å². The van der Waals surface area contributed by atoms with E-state index in [1.165, 1.54) is 31.4 Å². The van der Waals surface area contributed by atoms with Gasteiger partial charge in [0.15, 0.2) is 0 Å². The van der Waals surface area contributed by atoms with Crippen LogP contribution < -0.4 is 0 Å². The Hall–Kier alpha value is -0.530. The first-order valence-electron chi connectivity index (χ1n) is 6.23. The van der Waals surface area contributed by atoms with Gasteiger partial charge in [-0.1, -0.05) is 37.6 Å². The van der Waals surface area contributed by atoms with E-state index in [2.05, 4.69) is 30.9 Å². The summed E-state index contributed by atoms with van der Waals surface area (Å²) in [6, 6.07) is 8.20. The lowest BCUT2D eigenvalue weighted by Gasteiger charge is -2.17. The van der Waals surface area contributed by atoms with Crippen LogP contribution in [-0.4, -0.2) is 24.5 Å². The van der Waals surface area contributed by atoms with Crippen molar-refractivity contribution in [3.8, 4) is 0 Å². The third-order valence-electron chi connectivity index (χ3n) is 3.00. The summed E-state index contributed by atoms with van der Waals surface area (Å²) in [5, 5.41) is 0.826. The average Bonchev–Trinajstić information content (AvgIpc) is 2.32. The fraction of sp³-hybridized carbons (Fsp3) is 0.571. The first-order chi connectivity index (χ1) is 7.76. The third-order valence-corrected chi connectivity index (χ3v) is 3.25. The second kappa shape index (κ2) is 7.70. The lowest BCUT2D eigenvalue weighted by molar-refractivity contribution is 0.297. The molecule has 1 aromatic rings. The molecule has 0 radical (unpaired) electrons. The molecule has 1 rings (SSSR count). The minimum Gasteiger partial charge on any atom is -0.304 e. The molecule has 0 fully saturated rings. The van der Waals surface area contributed by atoms with Gasteiger partial charge in [0.05, 0.1) is 0 Å². The Morgan fingerprint density at radius 1 is 1.00 bits per heavy atom. The van der Waals surface area contributed by atoms with Gasteiger partial charge in [0.25, 0.3) is 0 Å². The maximum atomic E-state index is 5.85. The van der Waals surface area contributed by atoms with Crippen LogP contribution in [0.1, 0.15) is 32.3 Å². The van der Waals surface area contributed by atoms with Crippen LogP contribution in [-0.2, 0) is 6.42 Å². The predicted molar refractivity (Wildman–Crippen MR) is 72.2 cm³/mol. The van der Waals surface area contributed by atoms with Gasteiger partial charge >= 0.3 is 0 Å². The van der Waals surface area contributed by atoms with Gasteiger partial charge < -0.3 is 4.90 Å². The fourth-order valence-electron chi connectivity index (χ4n) is 1.86. The highest BCUT2D eigenvalue weighted by molar-refractivity contribution is 6.30. The van der Waals surface area contributed by atoms with E-state index in [-0.39, 0.29) is 0 Å². The van der Waals surface area contributed by atoms with Crippen molar-refractivity contribution in [1.29, 1.82) is 0 Å². The smallest absolute Gasteiger partial charge is 0.0406 e. The standard InChI is InChI=1S/C14H22ClN/c1-3-16(4-2)12-6-5-7-13-8-10-14(15)11-9-13/h8-11H,3-7,12H2,1-2H3. The summed E-state index contributed by atoms with van der Waals surface area (Å²) >= 11 is 5.85. The Morgan fingerprint density at radius 3 is 2.19 bits per heavy atom. The number of nitrogens with zero attached hydrogens (tertiary/aromatic N) is 1. The summed E-state index contributed by atoms with van der Waals surface area (Å²) in [5.41, 5.74) is 1.39. The SMILES string of the molecule is CCN(CC)CCCCc1ccc(Cl)cc1. The molecule has 1 nitrogen and oxygen atoms in total. The molecule has 0 saturated heterocycles. The molecule has 2 heteroatoms. The molecule has 0 amide bonds. The lowest BCUT2D eigenvalue weighted by atomic mass is 10.1. The van der Waals surface area contributed by atoms with Gasteiger partial charge in [-0.25, -0.2) is 0 Å². The zero-order valence-electron chi connectivity index (χ0n) is 10.4. The number of hydrogen-bond donors (Lipinski definition) is 0. The highest BCUT2D eigenvalue weighted by Crippen LogP contribution is 2.11. The van der Waals surface area contributed by atoms with Crippen LogP contribution in [0, 0.1) is 0 Å². The summed E-state index contributed by atoms with van der Waals surface area (Å²) in [6.45, 7) is 8.00. The number of benzene rings is 1. The Kier molecular flexibility index (Phi) is 6.51.